The molecule has 2 aliphatic rings. The van der Waals surface area contributed by atoms with Gasteiger partial charge < -0.3 is 19.9 Å². The van der Waals surface area contributed by atoms with E-state index in [1.54, 1.807) is 0 Å². The zero-order valence-electron chi connectivity index (χ0n) is 26.4. The molecule has 8 heteroatoms. The number of ether oxygens (including phenoxy) is 1. The highest BCUT2D eigenvalue weighted by atomic mass is 16.5. The average molecular weight is 595 g/mol. The van der Waals surface area contributed by atoms with Crippen molar-refractivity contribution < 1.29 is 4.74 Å². The fourth-order valence-electron chi connectivity index (χ4n) is 6.54. The van der Waals surface area contributed by atoms with Crippen LogP contribution in [0.3, 0.4) is 0 Å². The maximum atomic E-state index is 14.2. The number of pyridine rings is 3. The number of hydrogen-bond donors (Lipinski definition) is 1. The van der Waals surface area contributed by atoms with Crippen molar-refractivity contribution in [2.75, 3.05) is 37.7 Å². The number of rotatable bonds is 12. The van der Waals surface area contributed by atoms with Gasteiger partial charge in [0.1, 0.15) is 0 Å². The number of aromatic nitrogens is 3. The lowest BCUT2D eigenvalue weighted by Gasteiger charge is -2.40. The Hall–Kier alpha value is -3.59. The Morgan fingerprint density at radius 3 is 2.66 bits per heavy atom. The van der Waals surface area contributed by atoms with Gasteiger partial charge in [-0.05, 0) is 87.1 Å². The van der Waals surface area contributed by atoms with Crippen LogP contribution >= 0.6 is 0 Å². The van der Waals surface area contributed by atoms with Crippen LogP contribution in [0, 0.1) is 13.8 Å². The minimum Gasteiger partial charge on any atom is -0.380 e. The molecule has 1 aromatic carbocycles. The molecule has 8 nitrogen and oxygen atoms in total. The van der Waals surface area contributed by atoms with E-state index in [4.69, 9.17) is 10.5 Å². The summed E-state index contributed by atoms with van der Waals surface area (Å²) in [6, 6.07) is 15.6. The molecule has 1 aliphatic carbocycles. The molecule has 0 amide bonds. The van der Waals surface area contributed by atoms with E-state index in [1.807, 2.05) is 32.3 Å². The van der Waals surface area contributed by atoms with Crippen LogP contribution in [0.1, 0.15) is 72.6 Å². The number of nitrogens with two attached hydrogens (primary N) is 1. The Labute approximate surface area is 260 Å². The molecule has 2 atom stereocenters. The molecule has 44 heavy (non-hydrogen) atoms. The molecule has 6 rings (SSSR count). The van der Waals surface area contributed by atoms with E-state index in [-0.39, 0.29) is 11.3 Å². The normalized spacial score (nSPS) is 17.8. The van der Waals surface area contributed by atoms with E-state index < -0.39 is 0 Å². The van der Waals surface area contributed by atoms with Crippen molar-refractivity contribution in [3.63, 3.8) is 0 Å². The second-order valence-corrected chi connectivity index (χ2v) is 12.8. The Kier molecular flexibility index (Phi) is 9.40. The molecule has 4 heterocycles. The van der Waals surface area contributed by atoms with E-state index in [0.29, 0.717) is 38.4 Å². The number of nitrogens with zero attached hydrogens (tertiary/aromatic N) is 5. The number of anilines is 1. The number of piperidine rings is 1. The Balaban J connectivity index is 1.32. The molecular weight excluding hydrogens is 548 g/mol. The second kappa shape index (κ2) is 13.6. The van der Waals surface area contributed by atoms with Crippen molar-refractivity contribution in [3.8, 4) is 0 Å². The summed E-state index contributed by atoms with van der Waals surface area (Å²) in [5.74, 6) is 0.227. The minimum atomic E-state index is 0.141. The molecule has 2 N–H and O–H groups in total. The molecule has 4 aromatic rings. The van der Waals surface area contributed by atoms with E-state index in [2.05, 4.69) is 73.9 Å². The van der Waals surface area contributed by atoms with Crippen LogP contribution in [0.2, 0.25) is 0 Å². The van der Waals surface area contributed by atoms with Crippen LogP contribution in [0.15, 0.2) is 65.8 Å². The predicted molar refractivity (Wildman–Crippen MR) is 177 cm³/mol. The summed E-state index contributed by atoms with van der Waals surface area (Å²) < 4.78 is 8.11. The molecule has 2 fully saturated rings. The third-order valence-electron chi connectivity index (χ3n) is 9.16. The molecule has 1 aliphatic heterocycles. The molecular formula is C36H46N6O2. The van der Waals surface area contributed by atoms with Crippen LogP contribution < -0.4 is 16.1 Å². The summed E-state index contributed by atoms with van der Waals surface area (Å²) in [4.78, 5) is 28.1. The fourth-order valence-corrected chi connectivity index (χ4v) is 6.54. The van der Waals surface area contributed by atoms with Gasteiger partial charge in [-0.1, -0.05) is 13.0 Å². The van der Waals surface area contributed by atoms with Gasteiger partial charge >= 0.3 is 0 Å². The first-order valence-corrected chi connectivity index (χ1v) is 16.2. The third kappa shape index (κ3) is 7.04. The van der Waals surface area contributed by atoms with E-state index in [9.17, 15) is 4.79 Å². The van der Waals surface area contributed by atoms with Crippen LogP contribution in [-0.4, -0.2) is 58.3 Å². The molecule has 232 valence electrons. The zero-order chi connectivity index (χ0) is 30.6. The maximum Gasteiger partial charge on any atom is 0.193 e. The monoisotopic (exact) mass is 594 g/mol. The van der Waals surface area contributed by atoms with Crippen LogP contribution in [-0.2, 0) is 17.8 Å². The van der Waals surface area contributed by atoms with Crippen molar-refractivity contribution in [3.05, 3.63) is 99.4 Å². The number of fused-ring (bicyclic) bond motifs is 1. The summed E-state index contributed by atoms with van der Waals surface area (Å²) in [6.07, 6.45) is 10.5. The highest BCUT2D eigenvalue weighted by molar-refractivity contribution is 5.81. The van der Waals surface area contributed by atoms with E-state index >= 15 is 0 Å². The highest BCUT2D eigenvalue weighted by Gasteiger charge is 2.29. The van der Waals surface area contributed by atoms with Gasteiger partial charge in [0.15, 0.2) is 5.43 Å². The first kappa shape index (κ1) is 30.4. The Morgan fingerprint density at radius 1 is 1.05 bits per heavy atom. The summed E-state index contributed by atoms with van der Waals surface area (Å²) in [5.41, 5.74) is 13.3. The molecule has 0 radical (unpaired) electrons. The summed E-state index contributed by atoms with van der Waals surface area (Å²) >= 11 is 0. The topological polar surface area (TPSA) is 89.5 Å². The lowest BCUT2D eigenvalue weighted by Crippen LogP contribution is -2.48. The summed E-state index contributed by atoms with van der Waals surface area (Å²) in [6.45, 7) is 11.2. The molecule has 1 unspecified atom stereocenters. The van der Waals surface area contributed by atoms with Gasteiger partial charge in [-0.25, -0.2) is 0 Å². The van der Waals surface area contributed by atoms with Gasteiger partial charge in [0.2, 0.25) is 0 Å². The largest absolute Gasteiger partial charge is 0.380 e. The van der Waals surface area contributed by atoms with Crippen molar-refractivity contribution in [1.82, 2.24) is 19.4 Å². The van der Waals surface area contributed by atoms with Crippen LogP contribution in [0.4, 0.5) is 5.69 Å². The number of benzene rings is 1. The van der Waals surface area contributed by atoms with Crippen molar-refractivity contribution in [1.29, 1.82) is 0 Å². The van der Waals surface area contributed by atoms with Gasteiger partial charge in [0, 0.05) is 85.5 Å². The van der Waals surface area contributed by atoms with Gasteiger partial charge in [0.25, 0.3) is 0 Å². The Morgan fingerprint density at radius 2 is 1.91 bits per heavy atom. The summed E-state index contributed by atoms with van der Waals surface area (Å²) in [5, 5.41) is 0.809. The molecule has 1 saturated carbocycles. The van der Waals surface area contributed by atoms with Gasteiger partial charge in [-0.3, -0.25) is 19.7 Å². The number of hydrogen-bond acceptors (Lipinski definition) is 7. The predicted octanol–water partition coefficient (Wildman–Crippen LogP) is 5.49. The van der Waals surface area contributed by atoms with Gasteiger partial charge in [-0.15, -0.1) is 0 Å². The van der Waals surface area contributed by atoms with Crippen LogP contribution in [0.5, 0.6) is 0 Å². The average Bonchev–Trinajstić information content (AvgIpc) is 3.88. The van der Waals surface area contributed by atoms with E-state index in [1.165, 1.54) is 16.8 Å². The van der Waals surface area contributed by atoms with Crippen molar-refractivity contribution >= 4 is 16.6 Å². The van der Waals surface area contributed by atoms with Crippen molar-refractivity contribution in [2.45, 2.75) is 77.5 Å². The first-order valence-electron chi connectivity index (χ1n) is 16.2. The lowest BCUT2D eigenvalue weighted by molar-refractivity contribution is 0.130. The molecule has 0 spiro atoms. The lowest BCUT2D eigenvalue weighted by atomic mass is 9.98. The molecule has 0 bridgehead atoms. The smallest absolute Gasteiger partial charge is 0.193 e. The Bertz CT molecular complexity index is 1630. The maximum absolute atomic E-state index is 14.2. The zero-order valence-corrected chi connectivity index (χ0v) is 26.4. The second-order valence-electron chi connectivity index (χ2n) is 12.8. The SMILES string of the molecule is Cc1ccc(N2CCC[C@H](N(Cc3ccnc(C)c3)Cc3cn(C4CC4)c4cc(C(C)COCCN)ccc4c3=O)C2)cn1. The highest BCUT2D eigenvalue weighted by Crippen LogP contribution is 2.38. The minimum absolute atomic E-state index is 0.141. The fraction of sp³-hybridized carbons (Fsp3) is 0.472. The van der Waals surface area contributed by atoms with Crippen LogP contribution in [0.25, 0.3) is 10.9 Å². The number of aryl methyl sites for hydroxylation is 2. The van der Waals surface area contributed by atoms with Gasteiger partial charge in [-0.2, -0.15) is 0 Å². The van der Waals surface area contributed by atoms with E-state index in [0.717, 1.165) is 73.2 Å². The van der Waals surface area contributed by atoms with Crippen molar-refractivity contribution in [2.24, 2.45) is 5.73 Å². The standard InChI is InChI=1S/C36H46N6O2/c1-25(24-44-16-13-37)29-7-11-34-35(18-29)42(31-9-10-31)22-30(36(34)43)21-41(20-28-12-14-38-27(3)17-28)33-5-4-15-40(23-33)32-8-6-26(2)39-19-32/h6-8,11-12,14,17-19,22,25,31,33H,4-5,9-10,13,15-16,20-21,23-24,37H2,1-3H3/t25?,33-/m0/s1. The molecule has 1 saturated heterocycles. The molecule has 3 aromatic heterocycles. The quantitative estimate of drug-likeness (QED) is 0.217. The summed E-state index contributed by atoms with van der Waals surface area (Å²) in [7, 11) is 0. The third-order valence-corrected chi connectivity index (χ3v) is 9.16. The first-order chi connectivity index (χ1) is 21.4. The van der Waals surface area contributed by atoms with Gasteiger partial charge in [0.05, 0.1) is 30.6 Å².